The molecule has 3 aliphatic heterocycles. The number of ether oxygens (including phenoxy) is 3. The normalized spacial score (nSPS) is 23.1. The predicted octanol–water partition coefficient (Wildman–Crippen LogP) is 3.17. The van der Waals surface area contributed by atoms with Crippen molar-refractivity contribution in [3.63, 3.8) is 0 Å². The summed E-state index contributed by atoms with van der Waals surface area (Å²) in [6, 6.07) is 4.53. The van der Waals surface area contributed by atoms with Crippen LogP contribution in [-0.4, -0.2) is 94.4 Å². The van der Waals surface area contributed by atoms with E-state index in [4.69, 9.17) is 19.2 Å². The van der Waals surface area contributed by atoms with Crippen molar-refractivity contribution in [2.75, 3.05) is 51.3 Å². The second-order valence-electron chi connectivity index (χ2n) is 10.7. The fourth-order valence-corrected chi connectivity index (χ4v) is 5.80. The van der Waals surface area contributed by atoms with Gasteiger partial charge in [0.2, 0.25) is 5.75 Å². The van der Waals surface area contributed by atoms with Crippen molar-refractivity contribution in [3.8, 4) is 17.6 Å². The smallest absolute Gasteiger partial charge is 0.322 e. The molecule has 2 aromatic heterocycles. The summed E-state index contributed by atoms with van der Waals surface area (Å²) < 4.78 is 32.7. The molecule has 1 aromatic carbocycles. The maximum absolute atomic E-state index is 13.5. The van der Waals surface area contributed by atoms with E-state index in [1.807, 2.05) is 30.9 Å². The van der Waals surface area contributed by atoms with E-state index in [2.05, 4.69) is 33.7 Å². The highest BCUT2D eigenvalue weighted by Crippen LogP contribution is 2.46. The zero-order valence-electron chi connectivity index (χ0n) is 23.0. The van der Waals surface area contributed by atoms with Crippen molar-refractivity contribution >= 4 is 22.6 Å². The number of rotatable bonds is 6. The van der Waals surface area contributed by atoms with Crippen molar-refractivity contribution in [1.29, 1.82) is 0 Å². The van der Waals surface area contributed by atoms with E-state index in [-0.39, 0.29) is 18.2 Å². The number of aromatic nitrogens is 4. The third kappa shape index (κ3) is 4.80. The first-order valence-electron chi connectivity index (χ1n) is 13.7. The van der Waals surface area contributed by atoms with Gasteiger partial charge in [-0.25, -0.2) is 4.39 Å². The lowest BCUT2D eigenvalue weighted by Gasteiger charge is -2.38. The summed E-state index contributed by atoms with van der Waals surface area (Å²) in [4.78, 5) is 27.2. The van der Waals surface area contributed by atoms with Gasteiger partial charge in [0.05, 0.1) is 11.7 Å². The molecule has 6 rings (SSSR count). The third-order valence-corrected chi connectivity index (χ3v) is 8.11. The minimum Gasteiger partial charge on any atom is -0.478 e. The predicted molar refractivity (Wildman–Crippen MR) is 147 cm³/mol. The lowest BCUT2D eigenvalue weighted by Crippen LogP contribution is -2.49. The highest BCUT2D eigenvalue weighted by molar-refractivity contribution is 5.90. The molecule has 3 aromatic rings. The number of fused-ring (bicyclic) bond motifs is 2. The number of aromatic amines is 1. The molecule has 12 heteroatoms. The number of carbonyl (C=O) groups excluding carboxylic acids is 1. The van der Waals surface area contributed by atoms with Crippen LogP contribution in [-0.2, 0) is 4.79 Å². The van der Waals surface area contributed by atoms with Crippen LogP contribution in [0.5, 0.6) is 17.6 Å². The molecule has 0 saturated carbocycles. The molecule has 40 heavy (non-hydrogen) atoms. The summed E-state index contributed by atoms with van der Waals surface area (Å²) in [7, 11) is 2.09. The van der Waals surface area contributed by atoms with Crippen LogP contribution in [0, 0.1) is 6.92 Å². The molecule has 2 fully saturated rings. The number of nitrogens with zero attached hydrogens (tertiary/aromatic N) is 6. The second kappa shape index (κ2) is 10.6. The van der Waals surface area contributed by atoms with Gasteiger partial charge in [-0.1, -0.05) is 12.6 Å². The summed E-state index contributed by atoms with van der Waals surface area (Å²) in [6.07, 6.45) is 3.19. The minimum absolute atomic E-state index is 0.208. The molecule has 1 amide bonds. The first-order chi connectivity index (χ1) is 19.3. The Morgan fingerprint density at radius 2 is 2.00 bits per heavy atom. The quantitative estimate of drug-likeness (QED) is 0.462. The number of likely N-dealkylation sites (tertiary alicyclic amines) is 1. The summed E-state index contributed by atoms with van der Waals surface area (Å²) in [5.74, 6) is -0.373. The molecule has 11 nitrogen and oxygen atoms in total. The third-order valence-electron chi connectivity index (χ3n) is 8.11. The lowest BCUT2D eigenvalue weighted by molar-refractivity contribution is -0.128. The first kappa shape index (κ1) is 26.3. The van der Waals surface area contributed by atoms with Gasteiger partial charge in [0.15, 0.2) is 17.7 Å². The Morgan fingerprint density at radius 3 is 2.73 bits per heavy atom. The van der Waals surface area contributed by atoms with Gasteiger partial charge >= 0.3 is 6.01 Å². The molecule has 0 radical (unpaired) electrons. The van der Waals surface area contributed by atoms with Gasteiger partial charge in [0.1, 0.15) is 12.7 Å². The number of benzene rings is 1. The Hall–Kier alpha value is -3.93. The SMILES string of the molecule is C=C(F)C(=O)N1CCN(c2nc(OC[C@@H]3CCCN3C)nc3c2O[C@@H](C)C(c2c(C)ccc4[nH]ncc24)O3)CC1. The van der Waals surface area contributed by atoms with Gasteiger partial charge in [0, 0.05) is 43.2 Å². The largest absolute Gasteiger partial charge is 0.478 e. The molecule has 1 unspecified atom stereocenters. The number of anilines is 1. The van der Waals surface area contributed by atoms with Crippen molar-refractivity contribution in [1.82, 2.24) is 30.0 Å². The first-order valence-corrected chi connectivity index (χ1v) is 13.7. The molecule has 212 valence electrons. The second-order valence-corrected chi connectivity index (χ2v) is 10.7. The summed E-state index contributed by atoms with van der Waals surface area (Å²) in [5, 5.41) is 8.21. The molecule has 1 N–H and O–H groups in total. The van der Waals surface area contributed by atoms with Crippen LogP contribution in [0.2, 0.25) is 0 Å². The zero-order chi connectivity index (χ0) is 28.0. The van der Waals surface area contributed by atoms with Crippen LogP contribution < -0.4 is 19.1 Å². The fraction of sp³-hybridized carbons (Fsp3) is 0.500. The topological polar surface area (TPSA) is 109 Å². The van der Waals surface area contributed by atoms with E-state index in [1.54, 1.807) is 6.20 Å². The van der Waals surface area contributed by atoms with Crippen molar-refractivity contribution in [2.45, 2.75) is 44.9 Å². The van der Waals surface area contributed by atoms with E-state index >= 15 is 0 Å². The molecule has 5 heterocycles. The minimum atomic E-state index is -0.958. The van der Waals surface area contributed by atoms with E-state index < -0.39 is 17.8 Å². The number of aryl methyl sites for hydroxylation is 1. The van der Waals surface area contributed by atoms with Crippen LogP contribution in [0.3, 0.4) is 0 Å². The molecule has 3 aliphatic rings. The van der Waals surface area contributed by atoms with Gasteiger partial charge in [-0.2, -0.15) is 15.1 Å². The van der Waals surface area contributed by atoms with Gasteiger partial charge in [-0.15, -0.1) is 0 Å². The van der Waals surface area contributed by atoms with Crippen LogP contribution >= 0.6 is 0 Å². The van der Waals surface area contributed by atoms with Crippen molar-refractivity contribution in [3.05, 3.63) is 41.9 Å². The Kier molecular flexibility index (Phi) is 6.95. The number of hydrogen-bond acceptors (Lipinski definition) is 9. The average molecular weight is 552 g/mol. The van der Waals surface area contributed by atoms with Crippen molar-refractivity contribution in [2.24, 2.45) is 0 Å². The number of carbonyl (C=O) groups is 1. The summed E-state index contributed by atoms with van der Waals surface area (Å²) in [6.45, 7) is 10.2. The molecule has 0 aliphatic carbocycles. The molecular weight excluding hydrogens is 517 g/mol. The summed E-state index contributed by atoms with van der Waals surface area (Å²) >= 11 is 0. The Balaban J connectivity index is 1.33. The fourth-order valence-electron chi connectivity index (χ4n) is 5.80. The van der Waals surface area contributed by atoms with Gasteiger partial charge < -0.3 is 28.9 Å². The molecule has 0 spiro atoms. The Morgan fingerprint density at radius 1 is 1.20 bits per heavy atom. The molecular formula is C28H34FN7O4. The molecule has 0 bridgehead atoms. The van der Waals surface area contributed by atoms with Gasteiger partial charge in [-0.3, -0.25) is 9.89 Å². The van der Waals surface area contributed by atoms with E-state index in [9.17, 15) is 9.18 Å². The zero-order valence-corrected chi connectivity index (χ0v) is 23.0. The van der Waals surface area contributed by atoms with Gasteiger partial charge in [0.25, 0.3) is 11.8 Å². The number of H-pyrrole nitrogens is 1. The number of likely N-dealkylation sites (N-methyl/N-ethyl adjacent to an activating group) is 1. The standard InChI is InChI=1S/C28H34FN7O4/c1-16-7-8-21-20(14-30-33-21)22(16)23-18(3)39-24-25(35-10-12-36(13-11-35)27(37)17(2)29)31-28(32-26(24)40-23)38-15-19-6-5-9-34(19)4/h7-8,14,18-19,23H,2,5-6,9-13,15H2,1,3-4H3,(H,30,33)/t18-,19-,23?/m0/s1. The number of hydrogen-bond donors (Lipinski definition) is 1. The number of nitrogens with one attached hydrogen (secondary N) is 1. The van der Waals surface area contributed by atoms with E-state index in [0.717, 1.165) is 41.4 Å². The maximum Gasteiger partial charge on any atom is 0.322 e. The number of piperazine rings is 1. The Labute approximate surface area is 231 Å². The van der Waals surface area contributed by atoms with Crippen LogP contribution in [0.4, 0.5) is 10.2 Å². The van der Waals surface area contributed by atoms with Crippen LogP contribution in [0.25, 0.3) is 10.9 Å². The van der Waals surface area contributed by atoms with Crippen LogP contribution in [0.15, 0.2) is 30.7 Å². The Bertz CT molecular complexity index is 1440. The molecule has 3 atom stereocenters. The highest BCUT2D eigenvalue weighted by Gasteiger charge is 2.38. The summed E-state index contributed by atoms with van der Waals surface area (Å²) in [5.41, 5.74) is 2.96. The monoisotopic (exact) mass is 551 g/mol. The van der Waals surface area contributed by atoms with Gasteiger partial charge in [-0.05, 0) is 51.9 Å². The highest BCUT2D eigenvalue weighted by atomic mass is 19.1. The molecule has 2 saturated heterocycles. The lowest BCUT2D eigenvalue weighted by atomic mass is 9.95. The number of halogens is 1. The maximum atomic E-state index is 13.5. The van der Waals surface area contributed by atoms with Crippen LogP contribution in [0.1, 0.15) is 37.0 Å². The van der Waals surface area contributed by atoms with E-state index in [1.165, 1.54) is 4.90 Å². The van der Waals surface area contributed by atoms with Crippen molar-refractivity contribution < 1.29 is 23.4 Å². The number of amides is 1. The van der Waals surface area contributed by atoms with E-state index in [0.29, 0.717) is 50.2 Å². The average Bonchev–Trinajstić information content (AvgIpc) is 3.59.